The number of aromatic nitrogens is 3. The predicted octanol–water partition coefficient (Wildman–Crippen LogP) is 1.29. The Hall–Kier alpha value is -2.41. The van der Waals surface area contributed by atoms with Gasteiger partial charge in [-0.1, -0.05) is 6.07 Å². The molecule has 2 heterocycles. The summed E-state index contributed by atoms with van der Waals surface area (Å²) >= 11 is 0. The maximum Gasteiger partial charge on any atom is 0.274 e. The van der Waals surface area contributed by atoms with Gasteiger partial charge in [-0.25, -0.2) is 0 Å². The predicted molar refractivity (Wildman–Crippen MR) is 85.7 cm³/mol. The standard InChI is InChI=1S/C17H20N4O3/c1-9-15(20-21-19-9)17(23)18-16(12-7-13(22)8-12)11-2-3-14-10(6-11)4-5-24-14/h2-3,6,12-13,16,22H,4-5,7-8H2,1H3,(H,18,23)(H,19,20,21)/t12?,13?,16-/m0/s1. The van der Waals surface area contributed by atoms with Gasteiger partial charge in [0, 0.05) is 6.42 Å². The lowest BCUT2D eigenvalue weighted by molar-refractivity contribution is 0.0234. The minimum absolute atomic E-state index is 0.150. The van der Waals surface area contributed by atoms with E-state index in [0.717, 1.165) is 17.7 Å². The molecule has 1 amide bonds. The highest BCUT2D eigenvalue weighted by Crippen LogP contribution is 2.39. The Kier molecular flexibility index (Phi) is 3.72. The van der Waals surface area contributed by atoms with Crippen molar-refractivity contribution >= 4 is 5.91 Å². The van der Waals surface area contributed by atoms with Crippen molar-refractivity contribution in [2.75, 3.05) is 6.61 Å². The number of carbonyl (C=O) groups excluding carboxylic acids is 1. The van der Waals surface area contributed by atoms with E-state index in [4.69, 9.17) is 4.74 Å². The summed E-state index contributed by atoms with van der Waals surface area (Å²) in [6, 6.07) is 5.92. The summed E-state index contributed by atoms with van der Waals surface area (Å²) < 4.78 is 5.56. The van der Waals surface area contributed by atoms with Gasteiger partial charge in [-0.05, 0) is 48.9 Å². The van der Waals surface area contributed by atoms with Crippen LogP contribution in [-0.2, 0) is 6.42 Å². The summed E-state index contributed by atoms with van der Waals surface area (Å²) in [5.41, 5.74) is 3.10. The molecule has 0 radical (unpaired) electrons. The number of aromatic amines is 1. The summed E-state index contributed by atoms with van der Waals surface area (Å²) in [5.74, 6) is 0.894. The zero-order valence-corrected chi connectivity index (χ0v) is 13.5. The quantitative estimate of drug-likeness (QED) is 0.785. The SMILES string of the molecule is Cc1n[nH]nc1C(=O)N[C@@H](c1ccc2c(c1)CCO2)C1CC(O)C1. The lowest BCUT2D eigenvalue weighted by atomic mass is 9.74. The Morgan fingerprint density at radius 1 is 1.42 bits per heavy atom. The van der Waals surface area contributed by atoms with Gasteiger partial charge in [-0.2, -0.15) is 15.4 Å². The van der Waals surface area contributed by atoms with Crippen LogP contribution in [0.5, 0.6) is 5.75 Å². The van der Waals surface area contributed by atoms with Gasteiger partial charge in [0.15, 0.2) is 5.69 Å². The lowest BCUT2D eigenvalue weighted by Crippen LogP contribution is -2.41. The molecule has 1 saturated carbocycles. The van der Waals surface area contributed by atoms with Crippen molar-refractivity contribution in [1.82, 2.24) is 20.7 Å². The van der Waals surface area contributed by atoms with E-state index < -0.39 is 0 Å². The van der Waals surface area contributed by atoms with Gasteiger partial charge in [0.25, 0.3) is 5.91 Å². The molecule has 1 atom stereocenters. The number of amides is 1. The molecule has 0 bridgehead atoms. The summed E-state index contributed by atoms with van der Waals surface area (Å²) in [5, 5.41) is 23.0. The molecule has 24 heavy (non-hydrogen) atoms. The highest BCUT2D eigenvalue weighted by molar-refractivity contribution is 5.93. The van der Waals surface area contributed by atoms with Crippen LogP contribution in [0.4, 0.5) is 0 Å². The average molecular weight is 328 g/mol. The van der Waals surface area contributed by atoms with Gasteiger partial charge in [-0.3, -0.25) is 4.79 Å². The van der Waals surface area contributed by atoms with Gasteiger partial charge in [0.1, 0.15) is 5.75 Å². The van der Waals surface area contributed by atoms with E-state index in [0.29, 0.717) is 30.8 Å². The number of hydrogen-bond donors (Lipinski definition) is 3. The third-order valence-corrected chi connectivity index (χ3v) is 4.92. The summed E-state index contributed by atoms with van der Waals surface area (Å²) in [6.45, 7) is 2.45. The van der Waals surface area contributed by atoms with E-state index in [2.05, 4.69) is 26.8 Å². The molecule has 126 valence electrons. The van der Waals surface area contributed by atoms with Crippen LogP contribution in [0, 0.1) is 12.8 Å². The number of benzene rings is 1. The van der Waals surface area contributed by atoms with E-state index in [9.17, 15) is 9.90 Å². The monoisotopic (exact) mass is 328 g/mol. The van der Waals surface area contributed by atoms with E-state index in [1.54, 1.807) is 6.92 Å². The fraction of sp³-hybridized carbons (Fsp3) is 0.471. The minimum Gasteiger partial charge on any atom is -0.493 e. The Morgan fingerprint density at radius 3 is 2.96 bits per heavy atom. The van der Waals surface area contributed by atoms with Crippen molar-refractivity contribution in [1.29, 1.82) is 0 Å². The number of aryl methyl sites for hydroxylation is 1. The summed E-state index contributed by atoms with van der Waals surface area (Å²) in [4.78, 5) is 12.5. The molecule has 1 fully saturated rings. The largest absolute Gasteiger partial charge is 0.493 e. The molecule has 7 heteroatoms. The molecule has 1 aromatic carbocycles. The minimum atomic E-state index is -0.277. The van der Waals surface area contributed by atoms with Crippen LogP contribution < -0.4 is 10.1 Å². The second kappa shape index (κ2) is 5.90. The maximum absolute atomic E-state index is 12.5. The first-order valence-corrected chi connectivity index (χ1v) is 8.23. The van der Waals surface area contributed by atoms with Crippen LogP contribution >= 0.6 is 0 Å². The highest BCUT2D eigenvalue weighted by Gasteiger charge is 2.36. The van der Waals surface area contributed by atoms with Crippen molar-refractivity contribution in [2.24, 2.45) is 5.92 Å². The lowest BCUT2D eigenvalue weighted by Gasteiger charge is -2.38. The van der Waals surface area contributed by atoms with E-state index in [1.807, 2.05) is 12.1 Å². The molecule has 1 aromatic heterocycles. The highest BCUT2D eigenvalue weighted by atomic mass is 16.5. The van der Waals surface area contributed by atoms with Gasteiger partial charge >= 0.3 is 0 Å². The zero-order chi connectivity index (χ0) is 16.7. The van der Waals surface area contributed by atoms with Crippen LogP contribution in [0.3, 0.4) is 0 Å². The molecule has 3 N–H and O–H groups in total. The number of nitrogens with zero attached hydrogens (tertiary/aromatic N) is 2. The Bertz CT molecular complexity index is 767. The number of hydrogen-bond acceptors (Lipinski definition) is 5. The molecule has 2 aromatic rings. The topological polar surface area (TPSA) is 100 Å². The molecule has 0 spiro atoms. The molecule has 7 nitrogen and oxygen atoms in total. The van der Waals surface area contributed by atoms with Crippen molar-refractivity contribution in [2.45, 2.75) is 38.3 Å². The van der Waals surface area contributed by atoms with Crippen LogP contribution in [0.15, 0.2) is 18.2 Å². The Labute approximate surface area is 139 Å². The molecule has 2 aliphatic rings. The number of fused-ring (bicyclic) bond motifs is 1. The fourth-order valence-corrected chi connectivity index (χ4v) is 3.48. The number of ether oxygens (including phenoxy) is 1. The second-order valence-corrected chi connectivity index (χ2v) is 6.56. The number of carbonyl (C=O) groups is 1. The van der Waals surface area contributed by atoms with Gasteiger partial charge in [0.05, 0.1) is 24.4 Å². The van der Waals surface area contributed by atoms with Crippen molar-refractivity contribution in [3.05, 3.63) is 40.7 Å². The Morgan fingerprint density at radius 2 is 2.25 bits per heavy atom. The first-order valence-electron chi connectivity index (χ1n) is 8.23. The smallest absolute Gasteiger partial charge is 0.274 e. The average Bonchev–Trinajstić information content (AvgIpc) is 3.17. The summed E-state index contributed by atoms with van der Waals surface area (Å²) in [6.07, 6.45) is 1.99. The van der Waals surface area contributed by atoms with Gasteiger partial charge < -0.3 is 15.2 Å². The van der Waals surface area contributed by atoms with Crippen LogP contribution in [0.2, 0.25) is 0 Å². The molecule has 1 aliphatic carbocycles. The van der Waals surface area contributed by atoms with Gasteiger partial charge in [-0.15, -0.1) is 0 Å². The number of aliphatic hydroxyl groups excluding tert-OH is 1. The molecular weight excluding hydrogens is 308 g/mol. The Balaban J connectivity index is 1.60. The first-order chi connectivity index (χ1) is 11.6. The van der Waals surface area contributed by atoms with Crippen LogP contribution in [-0.4, -0.2) is 39.1 Å². The van der Waals surface area contributed by atoms with Crippen LogP contribution in [0.1, 0.15) is 46.2 Å². The number of aliphatic hydroxyl groups is 1. The normalized spacial score (nSPS) is 23.1. The number of rotatable bonds is 4. The molecule has 0 saturated heterocycles. The zero-order valence-electron chi connectivity index (χ0n) is 13.5. The van der Waals surface area contributed by atoms with Crippen molar-refractivity contribution < 1.29 is 14.6 Å². The van der Waals surface area contributed by atoms with E-state index >= 15 is 0 Å². The number of nitrogens with one attached hydrogen (secondary N) is 2. The summed E-state index contributed by atoms with van der Waals surface area (Å²) in [7, 11) is 0. The third kappa shape index (κ3) is 2.65. The van der Waals surface area contributed by atoms with Crippen LogP contribution in [0.25, 0.3) is 0 Å². The van der Waals surface area contributed by atoms with Gasteiger partial charge in [0.2, 0.25) is 0 Å². The fourth-order valence-electron chi connectivity index (χ4n) is 3.48. The maximum atomic E-state index is 12.5. The van der Waals surface area contributed by atoms with E-state index in [1.165, 1.54) is 5.56 Å². The molecule has 4 rings (SSSR count). The van der Waals surface area contributed by atoms with E-state index in [-0.39, 0.29) is 24.0 Å². The molecule has 0 unspecified atom stereocenters. The van der Waals surface area contributed by atoms with Crippen molar-refractivity contribution in [3.8, 4) is 5.75 Å². The van der Waals surface area contributed by atoms with Crippen molar-refractivity contribution in [3.63, 3.8) is 0 Å². The molecule has 1 aliphatic heterocycles. The first kappa shape index (κ1) is 15.1. The number of H-pyrrole nitrogens is 1. The second-order valence-electron chi connectivity index (χ2n) is 6.56. The third-order valence-electron chi connectivity index (χ3n) is 4.92. The molecular formula is C17H20N4O3.